The number of hydrogen-bond donors (Lipinski definition) is 0. The molecule has 0 radical (unpaired) electrons. The molecule has 1 aromatic rings. The summed E-state index contributed by atoms with van der Waals surface area (Å²) < 4.78 is 0. The standard InChI is InChI=1S/C12H14O/c1-2-9-7-11(13)8-10-5-3-4-6-12(9)10/h3-6,9H,2,7-8H2,1H3. The van der Waals surface area contributed by atoms with Crippen LogP contribution in [0.1, 0.15) is 36.8 Å². The number of carbonyl (C=O) groups is 1. The zero-order valence-electron chi connectivity index (χ0n) is 7.92. The molecule has 0 N–H and O–H groups in total. The summed E-state index contributed by atoms with van der Waals surface area (Å²) in [6.07, 6.45) is 2.46. The van der Waals surface area contributed by atoms with E-state index in [9.17, 15) is 4.79 Å². The number of ketones is 1. The van der Waals surface area contributed by atoms with E-state index in [1.54, 1.807) is 0 Å². The zero-order valence-corrected chi connectivity index (χ0v) is 7.92. The molecule has 0 spiro atoms. The van der Waals surface area contributed by atoms with Crippen molar-refractivity contribution in [2.45, 2.75) is 32.1 Å². The first-order valence-electron chi connectivity index (χ1n) is 4.90. The van der Waals surface area contributed by atoms with Gasteiger partial charge in [0.15, 0.2) is 0 Å². The molecule has 0 saturated carbocycles. The van der Waals surface area contributed by atoms with Crippen molar-refractivity contribution in [2.24, 2.45) is 0 Å². The smallest absolute Gasteiger partial charge is 0.137 e. The second-order valence-electron chi connectivity index (χ2n) is 3.72. The van der Waals surface area contributed by atoms with Gasteiger partial charge in [0.2, 0.25) is 0 Å². The number of rotatable bonds is 1. The number of Topliss-reactive ketones (excluding diaryl/α,β-unsaturated/α-hetero) is 1. The lowest BCUT2D eigenvalue weighted by Crippen LogP contribution is -2.17. The van der Waals surface area contributed by atoms with Gasteiger partial charge < -0.3 is 0 Å². The Hall–Kier alpha value is -1.11. The third-order valence-corrected chi connectivity index (χ3v) is 2.85. The summed E-state index contributed by atoms with van der Waals surface area (Å²) in [7, 11) is 0. The Bertz CT molecular complexity index is 328. The molecule has 2 rings (SSSR count). The summed E-state index contributed by atoms with van der Waals surface area (Å²) in [5.74, 6) is 0.864. The van der Waals surface area contributed by atoms with Crippen LogP contribution in [0.3, 0.4) is 0 Å². The number of fused-ring (bicyclic) bond motifs is 1. The average molecular weight is 174 g/mol. The molecule has 1 aromatic carbocycles. The van der Waals surface area contributed by atoms with Crippen molar-refractivity contribution >= 4 is 5.78 Å². The van der Waals surface area contributed by atoms with E-state index in [-0.39, 0.29) is 0 Å². The first-order valence-corrected chi connectivity index (χ1v) is 4.90. The fourth-order valence-corrected chi connectivity index (χ4v) is 2.13. The molecule has 0 saturated heterocycles. The molecule has 0 amide bonds. The van der Waals surface area contributed by atoms with Gasteiger partial charge in [-0.15, -0.1) is 0 Å². The van der Waals surface area contributed by atoms with Crippen LogP contribution in [-0.4, -0.2) is 5.78 Å². The van der Waals surface area contributed by atoms with Crippen molar-refractivity contribution in [3.05, 3.63) is 35.4 Å². The third kappa shape index (κ3) is 1.51. The Morgan fingerprint density at radius 1 is 1.38 bits per heavy atom. The molecule has 1 aliphatic rings. The van der Waals surface area contributed by atoms with Crippen LogP contribution < -0.4 is 0 Å². The Morgan fingerprint density at radius 3 is 2.92 bits per heavy atom. The van der Waals surface area contributed by atoms with Crippen LogP contribution in [0.5, 0.6) is 0 Å². The van der Waals surface area contributed by atoms with Crippen LogP contribution in [0.15, 0.2) is 24.3 Å². The van der Waals surface area contributed by atoms with E-state index in [0.717, 1.165) is 12.8 Å². The molecule has 0 aromatic heterocycles. The molecular formula is C12H14O. The van der Waals surface area contributed by atoms with E-state index >= 15 is 0 Å². The third-order valence-electron chi connectivity index (χ3n) is 2.85. The molecule has 0 heterocycles. The highest BCUT2D eigenvalue weighted by Gasteiger charge is 2.22. The van der Waals surface area contributed by atoms with E-state index in [0.29, 0.717) is 18.1 Å². The van der Waals surface area contributed by atoms with Crippen molar-refractivity contribution < 1.29 is 4.79 Å². The maximum absolute atomic E-state index is 11.4. The van der Waals surface area contributed by atoms with Gasteiger partial charge in [-0.2, -0.15) is 0 Å². The zero-order chi connectivity index (χ0) is 9.26. The molecule has 13 heavy (non-hydrogen) atoms. The van der Waals surface area contributed by atoms with Gasteiger partial charge >= 0.3 is 0 Å². The maximum atomic E-state index is 11.4. The molecule has 68 valence electrons. The maximum Gasteiger partial charge on any atom is 0.137 e. The predicted octanol–water partition coefficient (Wildman–Crippen LogP) is 2.70. The van der Waals surface area contributed by atoms with Gasteiger partial charge in [0, 0.05) is 12.8 Å². The van der Waals surface area contributed by atoms with Crippen molar-refractivity contribution in [2.75, 3.05) is 0 Å². The van der Waals surface area contributed by atoms with Gasteiger partial charge in [-0.1, -0.05) is 31.2 Å². The second-order valence-corrected chi connectivity index (χ2v) is 3.72. The second kappa shape index (κ2) is 3.33. The molecule has 1 heteroatoms. The number of hydrogen-bond acceptors (Lipinski definition) is 1. The van der Waals surface area contributed by atoms with E-state index in [2.05, 4.69) is 25.1 Å². The van der Waals surface area contributed by atoms with Gasteiger partial charge in [0.05, 0.1) is 0 Å². The number of carbonyl (C=O) groups excluding carboxylic acids is 1. The largest absolute Gasteiger partial charge is 0.299 e. The van der Waals surface area contributed by atoms with Crippen molar-refractivity contribution in [1.82, 2.24) is 0 Å². The lowest BCUT2D eigenvalue weighted by atomic mass is 9.81. The molecule has 1 unspecified atom stereocenters. The quantitative estimate of drug-likeness (QED) is 0.639. The van der Waals surface area contributed by atoms with Crippen LogP contribution >= 0.6 is 0 Å². The predicted molar refractivity (Wildman–Crippen MR) is 52.8 cm³/mol. The summed E-state index contributed by atoms with van der Waals surface area (Å²) in [6, 6.07) is 8.33. The van der Waals surface area contributed by atoms with Gasteiger partial charge in [-0.3, -0.25) is 4.79 Å². The first-order chi connectivity index (χ1) is 6.31. The summed E-state index contributed by atoms with van der Waals surface area (Å²) in [5.41, 5.74) is 2.63. The minimum Gasteiger partial charge on any atom is -0.299 e. The summed E-state index contributed by atoms with van der Waals surface area (Å²) in [4.78, 5) is 11.4. The number of benzene rings is 1. The Morgan fingerprint density at radius 2 is 2.15 bits per heavy atom. The summed E-state index contributed by atoms with van der Waals surface area (Å²) >= 11 is 0. The summed E-state index contributed by atoms with van der Waals surface area (Å²) in [5, 5.41) is 0. The molecule has 1 nitrogen and oxygen atoms in total. The molecular weight excluding hydrogens is 160 g/mol. The lowest BCUT2D eigenvalue weighted by Gasteiger charge is -2.23. The van der Waals surface area contributed by atoms with E-state index in [1.165, 1.54) is 11.1 Å². The molecule has 1 aliphatic carbocycles. The van der Waals surface area contributed by atoms with Crippen LogP contribution in [-0.2, 0) is 11.2 Å². The van der Waals surface area contributed by atoms with E-state index in [4.69, 9.17) is 0 Å². The lowest BCUT2D eigenvalue weighted by molar-refractivity contribution is -0.119. The highest BCUT2D eigenvalue weighted by atomic mass is 16.1. The van der Waals surface area contributed by atoms with Gasteiger partial charge in [-0.25, -0.2) is 0 Å². The Labute approximate surface area is 78.8 Å². The highest BCUT2D eigenvalue weighted by molar-refractivity contribution is 5.84. The average Bonchev–Trinajstić information content (AvgIpc) is 2.16. The van der Waals surface area contributed by atoms with E-state index in [1.807, 2.05) is 6.07 Å². The van der Waals surface area contributed by atoms with Crippen molar-refractivity contribution in [3.63, 3.8) is 0 Å². The van der Waals surface area contributed by atoms with Gasteiger partial charge in [0.1, 0.15) is 5.78 Å². The molecule has 1 atom stereocenters. The van der Waals surface area contributed by atoms with Crippen LogP contribution in [0.25, 0.3) is 0 Å². The SMILES string of the molecule is CCC1CC(=O)Cc2ccccc21. The minimum atomic E-state index is 0.394. The normalized spacial score (nSPS) is 21.3. The fraction of sp³-hybridized carbons (Fsp3) is 0.417. The van der Waals surface area contributed by atoms with Crippen LogP contribution in [0, 0.1) is 0 Å². The fourth-order valence-electron chi connectivity index (χ4n) is 2.13. The molecule has 0 aliphatic heterocycles. The van der Waals surface area contributed by atoms with E-state index < -0.39 is 0 Å². The minimum absolute atomic E-state index is 0.394. The van der Waals surface area contributed by atoms with Crippen molar-refractivity contribution in [1.29, 1.82) is 0 Å². The van der Waals surface area contributed by atoms with Crippen LogP contribution in [0.2, 0.25) is 0 Å². The molecule has 0 fully saturated rings. The monoisotopic (exact) mass is 174 g/mol. The Balaban J connectivity index is 2.42. The Kier molecular flexibility index (Phi) is 2.17. The van der Waals surface area contributed by atoms with Crippen molar-refractivity contribution in [3.8, 4) is 0 Å². The molecule has 0 bridgehead atoms. The van der Waals surface area contributed by atoms with Crippen LogP contribution in [0.4, 0.5) is 0 Å². The highest BCUT2D eigenvalue weighted by Crippen LogP contribution is 2.31. The topological polar surface area (TPSA) is 17.1 Å². The van der Waals surface area contributed by atoms with Gasteiger partial charge in [-0.05, 0) is 23.5 Å². The summed E-state index contributed by atoms with van der Waals surface area (Å²) in [6.45, 7) is 2.15. The first kappa shape index (κ1) is 8.49. The van der Waals surface area contributed by atoms with Gasteiger partial charge in [0.25, 0.3) is 0 Å².